The summed E-state index contributed by atoms with van der Waals surface area (Å²) < 4.78 is 6.33. The van der Waals surface area contributed by atoms with Gasteiger partial charge < -0.3 is 20.1 Å². The molecule has 1 aliphatic rings. The molecule has 1 aliphatic heterocycles. The molecule has 0 bridgehead atoms. The lowest BCUT2D eigenvalue weighted by atomic mass is 10.0. The van der Waals surface area contributed by atoms with Crippen LogP contribution in [0.2, 0.25) is 0 Å². The fourth-order valence-corrected chi connectivity index (χ4v) is 2.74. The Morgan fingerprint density at radius 3 is 3.00 bits per heavy atom. The molecule has 0 aromatic heterocycles. The van der Waals surface area contributed by atoms with E-state index in [2.05, 4.69) is 21.2 Å². The van der Waals surface area contributed by atoms with Gasteiger partial charge >= 0.3 is 0 Å². The minimum Gasteiger partial charge on any atom is -0.389 e. The van der Waals surface area contributed by atoms with E-state index >= 15 is 0 Å². The number of nitrogens with zero attached hydrogens (tertiary/aromatic N) is 1. The molecule has 2 atom stereocenters. The summed E-state index contributed by atoms with van der Waals surface area (Å²) >= 11 is 3.45. The molecular weight excluding hydrogens is 324 g/mol. The van der Waals surface area contributed by atoms with Crippen LogP contribution in [0, 0.1) is 0 Å². The molecule has 0 saturated carbocycles. The van der Waals surface area contributed by atoms with Crippen LogP contribution in [0.25, 0.3) is 0 Å². The van der Waals surface area contributed by atoms with E-state index in [1.807, 2.05) is 23.1 Å². The summed E-state index contributed by atoms with van der Waals surface area (Å²) in [5, 5.41) is 12.6. The van der Waals surface area contributed by atoms with Crippen molar-refractivity contribution in [2.45, 2.75) is 19.1 Å². The number of hydrogen-bond acceptors (Lipinski definition) is 4. The predicted molar refractivity (Wildman–Crippen MR) is 80.8 cm³/mol. The fraction of sp³-hybridized carbons (Fsp3) is 0.500. The summed E-state index contributed by atoms with van der Waals surface area (Å²) in [5.74, 6) is -0.0822. The number of amides is 1. The number of carbonyl (C=O) groups is 1. The van der Waals surface area contributed by atoms with Gasteiger partial charge in [0.2, 0.25) is 5.91 Å². The Bertz CT molecular complexity index is 493. The summed E-state index contributed by atoms with van der Waals surface area (Å²) in [4.78, 5) is 14.0. The van der Waals surface area contributed by atoms with E-state index in [0.29, 0.717) is 19.8 Å². The molecule has 0 radical (unpaired) electrons. The van der Waals surface area contributed by atoms with Crippen LogP contribution in [0.3, 0.4) is 0 Å². The highest BCUT2D eigenvalue weighted by atomic mass is 79.9. The molecule has 0 spiro atoms. The van der Waals surface area contributed by atoms with Crippen molar-refractivity contribution in [1.82, 2.24) is 5.32 Å². The van der Waals surface area contributed by atoms with E-state index in [1.165, 1.54) is 0 Å². The highest BCUT2D eigenvalue weighted by Gasteiger charge is 2.30. The molecule has 1 aromatic rings. The molecule has 2 unspecified atom stereocenters. The lowest BCUT2D eigenvalue weighted by molar-refractivity contribution is -0.124. The van der Waals surface area contributed by atoms with Gasteiger partial charge in [-0.05, 0) is 19.1 Å². The number of morpholine rings is 1. The molecule has 20 heavy (non-hydrogen) atoms. The molecule has 1 amide bonds. The minimum atomic E-state index is -0.591. The third kappa shape index (κ3) is 3.13. The lowest BCUT2D eigenvalue weighted by Gasteiger charge is -2.37. The molecule has 0 aliphatic carbocycles. The van der Waals surface area contributed by atoms with Crippen molar-refractivity contribution in [3.05, 3.63) is 28.2 Å². The SMILES string of the molecule is CNC(=O)C1COCCN1c1cc(Br)ccc1C(C)O. The third-order valence-electron chi connectivity index (χ3n) is 3.43. The number of anilines is 1. The highest BCUT2D eigenvalue weighted by molar-refractivity contribution is 9.10. The van der Waals surface area contributed by atoms with E-state index in [1.54, 1.807) is 14.0 Å². The molecular formula is C14H19BrN2O3. The van der Waals surface area contributed by atoms with Crippen LogP contribution in [-0.2, 0) is 9.53 Å². The summed E-state index contributed by atoms with van der Waals surface area (Å²) in [6, 6.07) is 5.32. The van der Waals surface area contributed by atoms with Crippen LogP contribution in [0.1, 0.15) is 18.6 Å². The molecule has 6 heteroatoms. The predicted octanol–water partition coefficient (Wildman–Crippen LogP) is 1.45. The van der Waals surface area contributed by atoms with Crippen LogP contribution in [0.5, 0.6) is 0 Å². The number of nitrogens with one attached hydrogen (secondary N) is 1. The number of halogens is 1. The van der Waals surface area contributed by atoms with Gasteiger partial charge in [0.05, 0.1) is 19.3 Å². The van der Waals surface area contributed by atoms with E-state index in [0.717, 1.165) is 15.7 Å². The van der Waals surface area contributed by atoms with Gasteiger partial charge in [0, 0.05) is 29.3 Å². The number of hydrogen-bond donors (Lipinski definition) is 2. The normalized spacial score (nSPS) is 20.6. The van der Waals surface area contributed by atoms with E-state index in [-0.39, 0.29) is 11.9 Å². The minimum absolute atomic E-state index is 0.0822. The second kappa shape index (κ2) is 6.56. The molecule has 5 nitrogen and oxygen atoms in total. The Labute approximate surface area is 127 Å². The topological polar surface area (TPSA) is 61.8 Å². The number of carbonyl (C=O) groups excluding carboxylic acids is 1. The number of ether oxygens (including phenoxy) is 1. The highest BCUT2D eigenvalue weighted by Crippen LogP contribution is 2.31. The van der Waals surface area contributed by atoms with Gasteiger partial charge in [0.15, 0.2) is 0 Å². The maximum atomic E-state index is 12.0. The Morgan fingerprint density at radius 2 is 2.35 bits per heavy atom. The largest absolute Gasteiger partial charge is 0.389 e. The van der Waals surface area contributed by atoms with Crippen molar-refractivity contribution in [3.63, 3.8) is 0 Å². The Hall–Kier alpha value is -1.11. The van der Waals surface area contributed by atoms with Gasteiger partial charge in [-0.3, -0.25) is 4.79 Å². The number of aliphatic hydroxyl groups is 1. The van der Waals surface area contributed by atoms with Crippen molar-refractivity contribution in [1.29, 1.82) is 0 Å². The van der Waals surface area contributed by atoms with Crippen LogP contribution in [0.15, 0.2) is 22.7 Å². The summed E-state index contributed by atoms with van der Waals surface area (Å²) in [6.45, 7) is 3.26. The average molecular weight is 343 g/mol. The number of aliphatic hydroxyl groups excluding tert-OH is 1. The van der Waals surface area contributed by atoms with Gasteiger partial charge in [-0.2, -0.15) is 0 Å². The number of rotatable bonds is 3. The molecule has 2 rings (SSSR count). The smallest absolute Gasteiger partial charge is 0.244 e. The van der Waals surface area contributed by atoms with Crippen LogP contribution >= 0.6 is 15.9 Å². The first-order valence-electron chi connectivity index (χ1n) is 6.58. The number of likely N-dealkylation sites (N-methyl/N-ethyl adjacent to an activating group) is 1. The molecule has 110 valence electrons. The van der Waals surface area contributed by atoms with E-state index in [4.69, 9.17) is 4.74 Å². The standard InChI is InChI=1S/C14H19BrN2O3/c1-9(18)11-4-3-10(15)7-12(11)17-5-6-20-8-13(17)14(19)16-2/h3-4,7,9,13,18H,5-6,8H2,1-2H3,(H,16,19). The first-order valence-corrected chi connectivity index (χ1v) is 7.37. The molecule has 1 fully saturated rings. The third-order valence-corrected chi connectivity index (χ3v) is 3.92. The van der Waals surface area contributed by atoms with E-state index in [9.17, 15) is 9.90 Å². The van der Waals surface area contributed by atoms with Crippen molar-refractivity contribution < 1.29 is 14.6 Å². The molecule has 2 N–H and O–H groups in total. The second-order valence-electron chi connectivity index (χ2n) is 4.78. The first kappa shape index (κ1) is 15.3. The maximum Gasteiger partial charge on any atom is 0.244 e. The zero-order valence-corrected chi connectivity index (χ0v) is 13.2. The first-order chi connectivity index (χ1) is 9.54. The summed E-state index contributed by atoms with van der Waals surface area (Å²) in [7, 11) is 1.62. The van der Waals surface area contributed by atoms with Crippen molar-refractivity contribution >= 4 is 27.5 Å². The van der Waals surface area contributed by atoms with E-state index < -0.39 is 6.10 Å². The summed E-state index contributed by atoms with van der Waals surface area (Å²) in [6.07, 6.45) is -0.591. The average Bonchev–Trinajstić information content (AvgIpc) is 2.46. The van der Waals surface area contributed by atoms with Crippen molar-refractivity contribution in [2.24, 2.45) is 0 Å². The van der Waals surface area contributed by atoms with Gasteiger partial charge in [0.1, 0.15) is 6.04 Å². The fourth-order valence-electron chi connectivity index (χ4n) is 2.39. The van der Waals surface area contributed by atoms with Crippen LogP contribution in [0.4, 0.5) is 5.69 Å². The second-order valence-corrected chi connectivity index (χ2v) is 5.69. The van der Waals surface area contributed by atoms with Crippen LogP contribution < -0.4 is 10.2 Å². The molecule has 1 heterocycles. The van der Waals surface area contributed by atoms with Crippen molar-refractivity contribution in [3.8, 4) is 0 Å². The molecule has 1 aromatic carbocycles. The van der Waals surface area contributed by atoms with Crippen LogP contribution in [-0.4, -0.2) is 43.9 Å². The van der Waals surface area contributed by atoms with Gasteiger partial charge in [-0.25, -0.2) is 0 Å². The quantitative estimate of drug-likeness (QED) is 0.872. The lowest BCUT2D eigenvalue weighted by Crippen LogP contribution is -2.53. The molecule has 1 saturated heterocycles. The van der Waals surface area contributed by atoms with Gasteiger partial charge in [-0.15, -0.1) is 0 Å². The number of benzene rings is 1. The Balaban J connectivity index is 2.41. The Morgan fingerprint density at radius 1 is 1.60 bits per heavy atom. The Kier molecular flexibility index (Phi) is 5.01. The summed E-state index contributed by atoms with van der Waals surface area (Å²) in [5.41, 5.74) is 1.68. The monoisotopic (exact) mass is 342 g/mol. The maximum absolute atomic E-state index is 12.0. The zero-order valence-electron chi connectivity index (χ0n) is 11.6. The zero-order chi connectivity index (χ0) is 14.7. The van der Waals surface area contributed by atoms with Gasteiger partial charge in [0.25, 0.3) is 0 Å². The van der Waals surface area contributed by atoms with Crippen molar-refractivity contribution in [2.75, 3.05) is 31.7 Å². The van der Waals surface area contributed by atoms with Gasteiger partial charge in [-0.1, -0.05) is 22.0 Å².